The molecule has 0 unspecified atom stereocenters. The monoisotopic (exact) mass is 483 g/mol. The first-order valence-corrected chi connectivity index (χ1v) is 10.5. The zero-order valence-electron chi connectivity index (χ0n) is 16.6. The molecule has 168 valence electrons. The number of rotatable bonds is 4. The van der Waals surface area contributed by atoms with Crippen molar-refractivity contribution < 1.29 is 18.0 Å². The van der Waals surface area contributed by atoms with Crippen molar-refractivity contribution in [2.24, 2.45) is 0 Å². The number of alkyl halides is 3. The van der Waals surface area contributed by atoms with E-state index in [0.29, 0.717) is 30.4 Å². The molecule has 0 radical (unpaired) electrons. The van der Waals surface area contributed by atoms with Gasteiger partial charge in [-0.3, -0.25) is 0 Å². The number of urea groups is 1. The molecule has 2 heterocycles. The maximum Gasteiger partial charge on any atom is 0.417 e. The highest BCUT2D eigenvalue weighted by Crippen LogP contribution is 2.37. The van der Waals surface area contributed by atoms with Crippen LogP contribution < -0.4 is 5.32 Å². The zero-order valence-corrected chi connectivity index (χ0v) is 18.1. The maximum atomic E-state index is 13.1. The summed E-state index contributed by atoms with van der Waals surface area (Å²) in [4.78, 5) is 18.8. The number of anilines is 1. The molecule has 3 aromatic rings. The average molecular weight is 484 g/mol. The summed E-state index contributed by atoms with van der Waals surface area (Å²) >= 11 is 11.6. The second kappa shape index (κ2) is 8.99. The number of hydrogen-bond donors (Lipinski definition) is 1. The molecule has 1 aliphatic heterocycles. The van der Waals surface area contributed by atoms with Crippen molar-refractivity contribution in [3.05, 3.63) is 75.8 Å². The fourth-order valence-corrected chi connectivity index (χ4v) is 4.06. The topological polar surface area (TPSA) is 63.1 Å². The Balaban J connectivity index is 1.52. The van der Waals surface area contributed by atoms with E-state index < -0.39 is 22.8 Å². The van der Waals surface area contributed by atoms with Crippen molar-refractivity contribution in [3.8, 4) is 0 Å². The predicted molar refractivity (Wildman–Crippen MR) is 115 cm³/mol. The van der Waals surface area contributed by atoms with Gasteiger partial charge in [0, 0.05) is 17.3 Å². The van der Waals surface area contributed by atoms with Gasteiger partial charge in [-0.2, -0.15) is 18.3 Å². The van der Waals surface area contributed by atoms with Crippen molar-refractivity contribution in [2.75, 3.05) is 11.9 Å². The van der Waals surface area contributed by atoms with E-state index in [1.807, 2.05) is 12.1 Å². The number of carbonyl (C=O) groups is 1. The number of hydrogen-bond acceptors (Lipinski definition) is 3. The number of amides is 2. The van der Waals surface area contributed by atoms with Gasteiger partial charge in [0.05, 0.1) is 23.2 Å². The maximum absolute atomic E-state index is 13.1. The van der Waals surface area contributed by atoms with E-state index in [9.17, 15) is 18.0 Å². The summed E-state index contributed by atoms with van der Waals surface area (Å²) in [5, 5.41) is 7.03. The number of halogens is 5. The first-order valence-electron chi connectivity index (χ1n) is 9.79. The van der Waals surface area contributed by atoms with Gasteiger partial charge >= 0.3 is 12.2 Å². The summed E-state index contributed by atoms with van der Waals surface area (Å²) in [5.41, 5.74) is -0.0198. The predicted octanol–water partition coefficient (Wildman–Crippen LogP) is 6.02. The molecule has 2 aromatic carbocycles. The molecule has 1 saturated heterocycles. The van der Waals surface area contributed by atoms with Crippen LogP contribution in [0.3, 0.4) is 0 Å². The molecule has 6 nitrogen and oxygen atoms in total. The Hall–Kier alpha value is -2.78. The Kier molecular flexibility index (Phi) is 6.30. The van der Waals surface area contributed by atoms with Gasteiger partial charge in [0.2, 0.25) is 0 Å². The summed E-state index contributed by atoms with van der Waals surface area (Å²) in [7, 11) is 0. The highest BCUT2D eigenvalue weighted by Gasteiger charge is 2.35. The summed E-state index contributed by atoms with van der Waals surface area (Å²) in [6, 6.07) is 9.75. The number of nitrogens with one attached hydrogen (secondary N) is 1. The van der Waals surface area contributed by atoms with Crippen LogP contribution >= 0.6 is 23.2 Å². The van der Waals surface area contributed by atoms with E-state index in [2.05, 4.69) is 15.4 Å². The molecule has 1 atom stereocenters. The molecule has 2 amide bonds. The zero-order chi connectivity index (χ0) is 22.9. The largest absolute Gasteiger partial charge is 0.417 e. The molecule has 0 aliphatic carbocycles. The fraction of sp³-hybridized carbons (Fsp3) is 0.286. The van der Waals surface area contributed by atoms with E-state index >= 15 is 0 Å². The molecule has 11 heteroatoms. The molecular formula is C21H18Cl2F3N5O. The number of carbonyl (C=O) groups excluding carboxylic acids is 1. The van der Waals surface area contributed by atoms with Gasteiger partial charge in [0.15, 0.2) is 0 Å². The molecule has 1 fully saturated rings. The van der Waals surface area contributed by atoms with E-state index in [4.69, 9.17) is 23.2 Å². The summed E-state index contributed by atoms with van der Waals surface area (Å²) in [6.45, 7) is 0.897. The smallest absolute Gasteiger partial charge is 0.314 e. The lowest BCUT2D eigenvalue weighted by Gasteiger charge is -2.25. The third kappa shape index (κ3) is 4.83. The number of aromatic nitrogens is 3. The standard InChI is InChI=1S/C21H18Cl2F3N5O/c22-14-5-3-13(4-6-14)11-31-19(27-12-28-31)18-2-1-9-30(18)20(32)29-15-7-8-17(23)16(10-15)21(24,25)26/h3-8,10,12,18H,1-2,9,11H2,(H,29,32)/t18-/m1/s1. The lowest BCUT2D eigenvalue weighted by molar-refractivity contribution is -0.137. The van der Waals surface area contributed by atoms with Crippen LogP contribution in [-0.2, 0) is 12.7 Å². The van der Waals surface area contributed by atoms with Gasteiger partial charge in [-0.05, 0) is 48.7 Å². The Labute approximate surface area is 191 Å². The van der Waals surface area contributed by atoms with E-state index in [1.54, 1.807) is 21.7 Å². The second-order valence-corrected chi connectivity index (χ2v) is 8.22. The Morgan fingerprint density at radius 1 is 1.16 bits per heavy atom. The molecule has 0 bridgehead atoms. The fourth-order valence-electron chi connectivity index (χ4n) is 3.71. The van der Waals surface area contributed by atoms with Crippen molar-refractivity contribution in [3.63, 3.8) is 0 Å². The molecular weight excluding hydrogens is 466 g/mol. The van der Waals surface area contributed by atoms with Gasteiger partial charge in [0.1, 0.15) is 12.2 Å². The van der Waals surface area contributed by atoms with Gasteiger partial charge in [-0.15, -0.1) is 0 Å². The van der Waals surface area contributed by atoms with Gasteiger partial charge in [0.25, 0.3) is 0 Å². The van der Waals surface area contributed by atoms with Gasteiger partial charge in [-0.1, -0.05) is 35.3 Å². The lowest BCUT2D eigenvalue weighted by atomic mass is 10.2. The van der Waals surface area contributed by atoms with E-state index in [-0.39, 0.29) is 11.7 Å². The minimum absolute atomic E-state index is 0.0139. The Morgan fingerprint density at radius 3 is 2.62 bits per heavy atom. The number of benzene rings is 2. The normalized spacial score (nSPS) is 16.4. The summed E-state index contributed by atoms with van der Waals surface area (Å²) < 4.78 is 41.1. The number of nitrogens with zero attached hydrogens (tertiary/aromatic N) is 4. The first-order chi connectivity index (χ1) is 15.2. The molecule has 0 spiro atoms. The number of likely N-dealkylation sites (tertiary alicyclic amines) is 1. The van der Waals surface area contributed by atoms with Crippen molar-refractivity contribution >= 4 is 34.9 Å². The van der Waals surface area contributed by atoms with E-state index in [0.717, 1.165) is 24.1 Å². The molecule has 4 rings (SSSR count). The molecule has 1 aromatic heterocycles. The van der Waals surface area contributed by atoms with Crippen LogP contribution in [0.1, 0.15) is 35.8 Å². The van der Waals surface area contributed by atoms with Crippen molar-refractivity contribution in [1.29, 1.82) is 0 Å². The second-order valence-electron chi connectivity index (χ2n) is 7.38. The van der Waals surface area contributed by atoms with Crippen molar-refractivity contribution in [2.45, 2.75) is 31.6 Å². The minimum atomic E-state index is -4.62. The molecule has 0 saturated carbocycles. The third-order valence-corrected chi connectivity index (χ3v) is 5.81. The summed E-state index contributed by atoms with van der Waals surface area (Å²) in [6.07, 6.45) is -1.79. The van der Waals surface area contributed by atoms with Crippen LogP contribution in [0.2, 0.25) is 10.0 Å². The van der Waals surface area contributed by atoms with Gasteiger partial charge in [-0.25, -0.2) is 14.5 Å². The van der Waals surface area contributed by atoms with E-state index in [1.165, 1.54) is 12.4 Å². The van der Waals surface area contributed by atoms with Crippen LogP contribution in [0.25, 0.3) is 0 Å². The molecule has 1 aliphatic rings. The Bertz CT molecular complexity index is 1120. The first kappa shape index (κ1) is 22.4. The lowest BCUT2D eigenvalue weighted by Crippen LogP contribution is -2.35. The highest BCUT2D eigenvalue weighted by molar-refractivity contribution is 6.31. The third-order valence-electron chi connectivity index (χ3n) is 5.23. The summed E-state index contributed by atoms with van der Waals surface area (Å²) in [5.74, 6) is 0.611. The van der Waals surface area contributed by atoms with Crippen LogP contribution in [0.4, 0.5) is 23.7 Å². The minimum Gasteiger partial charge on any atom is -0.314 e. The highest BCUT2D eigenvalue weighted by atomic mass is 35.5. The van der Waals surface area contributed by atoms with Gasteiger partial charge < -0.3 is 10.2 Å². The quantitative estimate of drug-likeness (QED) is 0.493. The molecule has 1 N–H and O–H groups in total. The molecule has 32 heavy (non-hydrogen) atoms. The van der Waals surface area contributed by atoms with Crippen molar-refractivity contribution in [1.82, 2.24) is 19.7 Å². The van der Waals surface area contributed by atoms with Crippen LogP contribution in [0, 0.1) is 0 Å². The van der Waals surface area contributed by atoms with Crippen LogP contribution in [0.15, 0.2) is 48.8 Å². The SMILES string of the molecule is O=C(Nc1ccc(Cl)c(C(F)(F)F)c1)N1CCC[C@@H]1c1ncnn1Cc1ccc(Cl)cc1. The van der Waals surface area contributed by atoms with Crippen LogP contribution in [-0.4, -0.2) is 32.2 Å². The average Bonchev–Trinajstić information content (AvgIpc) is 3.39. The van der Waals surface area contributed by atoms with Crippen LogP contribution in [0.5, 0.6) is 0 Å². The Morgan fingerprint density at radius 2 is 1.91 bits per heavy atom.